The first-order valence-electron chi connectivity index (χ1n) is 6.54. The number of rotatable bonds is 3. The minimum absolute atomic E-state index is 0.0207. The Morgan fingerprint density at radius 1 is 1.20 bits per heavy atom. The third kappa shape index (κ3) is 2.20. The van der Waals surface area contributed by atoms with Crippen LogP contribution in [0.3, 0.4) is 0 Å². The van der Waals surface area contributed by atoms with Crippen LogP contribution in [-0.4, -0.2) is 17.0 Å². The molecule has 2 N–H and O–H groups in total. The van der Waals surface area contributed by atoms with Crippen molar-refractivity contribution >= 4 is 29.2 Å². The number of aliphatic carboxylic acids is 1. The first-order valence-corrected chi connectivity index (χ1v) is 6.91. The predicted molar refractivity (Wildman–Crippen MR) is 75.4 cm³/mol. The van der Waals surface area contributed by atoms with Crippen LogP contribution in [0.4, 0.5) is 5.69 Å². The van der Waals surface area contributed by atoms with Gasteiger partial charge in [-0.15, -0.1) is 0 Å². The van der Waals surface area contributed by atoms with Crippen molar-refractivity contribution in [2.24, 2.45) is 23.7 Å². The molecule has 0 heterocycles. The van der Waals surface area contributed by atoms with Crippen molar-refractivity contribution in [2.45, 2.75) is 6.42 Å². The molecular weight excluding hydrogens is 278 g/mol. The molecule has 3 rings (SSSR count). The number of benzene rings is 1. The average molecular weight is 292 g/mol. The van der Waals surface area contributed by atoms with Crippen LogP contribution in [0, 0.1) is 23.7 Å². The van der Waals surface area contributed by atoms with Crippen LogP contribution >= 0.6 is 11.6 Å². The van der Waals surface area contributed by atoms with Gasteiger partial charge in [-0.3, -0.25) is 9.59 Å². The molecule has 1 fully saturated rings. The molecule has 0 aliphatic heterocycles. The van der Waals surface area contributed by atoms with E-state index in [0.717, 1.165) is 6.42 Å². The lowest BCUT2D eigenvalue weighted by Crippen LogP contribution is -2.36. The SMILES string of the molecule is O=C(O)[C@@H]1C2C=CC(C2)[C@@H]1C(=O)Nc1cccc(Cl)c1. The van der Waals surface area contributed by atoms with Crippen LogP contribution in [0.2, 0.25) is 5.02 Å². The number of amides is 1. The number of hydrogen-bond donors (Lipinski definition) is 2. The number of carbonyl (C=O) groups is 2. The van der Waals surface area contributed by atoms with Crippen molar-refractivity contribution in [3.05, 3.63) is 41.4 Å². The largest absolute Gasteiger partial charge is 0.481 e. The third-order valence-corrected chi connectivity index (χ3v) is 4.37. The Bertz CT molecular complexity index is 599. The van der Waals surface area contributed by atoms with E-state index in [1.807, 2.05) is 12.2 Å². The van der Waals surface area contributed by atoms with Gasteiger partial charge in [-0.1, -0.05) is 29.8 Å². The van der Waals surface area contributed by atoms with Gasteiger partial charge in [0.05, 0.1) is 11.8 Å². The van der Waals surface area contributed by atoms with Crippen LogP contribution in [0.25, 0.3) is 0 Å². The van der Waals surface area contributed by atoms with Gasteiger partial charge >= 0.3 is 5.97 Å². The molecule has 0 aromatic heterocycles. The van der Waals surface area contributed by atoms with Gasteiger partial charge in [0.25, 0.3) is 0 Å². The first-order chi connectivity index (χ1) is 9.56. The summed E-state index contributed by atoms with van der Waals surface area (Å²) in [5.74, 6) is -2.25. The van der Waals surface area contributed by atoms with E-state index in [4.69, 9.17) is 11.6 Å². The number of carboxylic acid groups (broad SMARTS) is 1. The number of halogens is 1. The molecule has 1 aromatic rings. The zero-order chi connectivity index (χ0) is 14.3. The lowest BCUT2D eigenvalue weighted by molar-refractivity contribution is -0.146. The van der Waals surface area contributed by atoms with E-state index in [-0.39, 0.29) is 17.7 Å². The number of carboxylic acids is 1. The van der Waals surface area contributed by atoms with Gasteiger partial charge in [-0.25, -0.2) is 0 Å². The summed E-state index contributed by atoms with van der Waals surface area (Å²) in [6.07, 6.45) is 4.64. The van der Waals surface area contributed by atoms with Crippen molar-refractivity contribution in [1.82, 2.24) is 0 Å². The highest BCUT2D eigenvalue weighted by molar-refractivity contribution is 6.30. The van der Waals surface area contributed by atoms with Gasteiger partial charge in [0.15, 0.2) is 0 Å². The number of hydrogen-bond acceptors (Lipinski definition) is 2. The maximum Gasteiger partial charge on any atom is 0.307 e. The average Bonchev–Trinajstić information content (AvgIpc) is 2.98. The second-order valence-corrected chi connectivity index (χ2v) is 5.77. The standard InChI is InChI=1S/C15H14ClNO3/c16-10-2-1-3-11(7-10)17-14(18)12-8-4-5-9(6-8)13(12)15(19)20/h1-5,7-9,12-13H,6H2,(H,17,18)(H,19,20)/t8?,9?,12-,13+/m0/s1. The first kappa shape index (κ1) is 13.2. The summed E-state index contributed by atoms with van der Waals surface area (Å²) in [6.45, 7) is 0. The van der Waals surface area contributed by atoms with Gasteiger partial charge < -0.3 is 10.4 Å². The number of nitrogens with one attached hydrogen (secondary N) is 1. The van der Waals surface area contributed by atoms with Gasteiger partial charge in [0.1, 0.15) is 0 Å². The fraction of sp³-hybridized carbons (Fsp3) is 0.333. The summed E-state index contributed by atoms with van der Waals surface area (Å²) in [6, 6.07) is 6.85. The number of anilines is 1. The van der Waals surface area contributed by atoms with Crippen molar-refractivity contribution in [2.75, 3.05) is 5.32 Å². The van der Waals surface area contributed by atoms with E-state index in [2.05, 4.69) is 5.32 Å². The Labute approximate surface area is 121 Å². The molecule has 1 saturated carbocycles. The zero-order valence-electron chi connectivity index (χ0n) is 10.6. The molecule has 5 heteroatoms. The fourth-order valence-electron chi connectivity index (χ4n) is 3.31. The summed E-state index contributed by atoms with van der Waals surface area (Å²) >= 11 is 5.87. The maximum atomic E-state index is 12.4. The van der Waals surface area contributed by atoms with E-state index < -0.39 is 17.8 Å². The zero-order valence-corrected chi connectivity index (χ0v) is 11.4. The van der Waals surface area contributed by atoms with Crippen LogP contribution in [0.15, 0.2) is 36.4 Å². The summed E-state index contributed by atoms with van der Waals surface area (Å²) in [7, 11) is 0. The van der Waals surface area contributed by atoms with Crippen molar-refractivity contribution in [3.63, 3.8) is 0 Å². The van der Waals surface area contributed by atoms with Gasteiger partial charge in [0, 0.05) is 10.7 Å². The number of carbonyl (C=O) groups excluding carboxylic acids is 1. The number of allylic oxidation sites excluding steroid dienone is 2. The fourth-order valence-corrected chi connectivity index (χ4v) is 3.50. The Morgan fingerprint density at radius 3 is 2.55 bits per heavy atom. The molecule has 2 aliphatic carbocycles. The highest BCUT2D eigenvalue weighted by Crippen LogP contribution is 2.48. The number of fused-ring (bicyclic) bond motifs is 2. The van der Waals surface area contributed by atoms with E-state index in [1.54, 1.807) is 24.3 Å². The van der Waals surface area contributed by atoms with Gasteiger partial charge in [-0.05, 0) is 36.5 Å². The second kappa shape index (κ2) is 4.94. The Kier molecular flexibility index (Phi) is 3.26. The molecule has 1 amide bonds. The van der Waals surface area contributed by atoms with Crippen LogP contribution in [0.5, 0.6) is 0 Å². The maximum absolute atomic E-state index is 12.4. The van der Waals surface area contributed by atoms with E-state index in [1.165, 1.54) is 0 Å². The van der Waals surface area contributed by atoms with Gasteiger partial charge in [-0.2, -0.15) is 0 Å². The molecule has 20 heavy (non-hydrogen) atoms. The topological polar surface area (TPSA) is 66.4 Å². The lowest BCUT2D eigenvalue weighted by atomic mass is 9.82. The molecule has 4 nitrogen and oxygen atoms in total. The van der Waals surface area contributed by atoms with Crippen LogP contribution < -0.4 is 5.32 Å². The Morgan fingerprint density at radius 2 is 1.90 bits per heavy atom. The smallest absolute Gasteiger partial charge is 0.307 e. The quantitative estimate of drug-likeness (QED) is 0.842. The molecule has 0 radical (unpaired) electrons. The second-order valence-electron chi connectivity index (χ2n) is 5.34. The van der Waals surface area contributed by atoms with Crippen molar-refractivity contribution < 1.29 is 14.7 Å². The molecule has 1 aromatic carbocycles. The highest BCUT2D eigenvalue weighted by atomic mass is 35.5. The van der Waals surface area contributed by atoms with E-state index in [9.17, 15) is 14.7 Å². The summed E-state index contributed by atoms with van der Waals surface area (Å²) in [4.78, 5) is 23.8. The minimum atomic E-state index is -0.895. The molecule has 2 unspecified atom stereocenters. The van der Waals surface area contributed by atoms with E-state index in [0.29, 0.717) is 10.7 Å². The highest BCUT2D eigenvalue weighted by Gasteiger charge is 2.51. The van der Waals surface area contributed by atoms with Crippen LogP contribution in [0.1, 0.15) is 6.42 Å². The molecule has 2 aliphatic rings. The normalized spacial score (nSPS) is 30.4. The van der Waals surface area contributed by atoms with Crippen LogP contribution in [-0.2, 0) is 9.59 Å². The van der Waals surface area contributed by atoms with Gasteiger partial charge in [0.2, 0.25) is 5.91 Å². The lowest BCUT2D eigenvalue weighted by Gasteiger charge is -2.23. The molecule has 2 bridgehead atoms. The summed E-state index contributed by atoms with van der Waals surface area (Å²) in [5, 5.41) is 12.6. The van der Waals surface area contributed by atoms with E-state index >= 15 is 0 Å². The molecule has 104 valence electrons. The van der Waals surface area contributed by atoms with Crippen molar-refractivity contribution in [3.8, 4) is 0 Å². The molecule has 0 spiro atoms. The Hall–Kier alpha value is -1.81. The predicted octanol–water partition coefficient (Wildman–Crippen LogP) is 2.80. The summed E-state index contributed by atoms with van der Waals surface area (Å²) in [5.41, 5.74) is 0.596. The molecule has 0 saturated heterocycles. The molecule has 4 atom stereocenters. The molecular formula is C15H14ClNO3. The Balaban J connectivity index is 1.80. The minimum Gasteiger partial charge on any atom is -0.481 e. The monoisotopic (exact) mass is 291 g/mol. The van der Waals surface area contributed by atoms with Crippen molar-refractivity contribution in [1.29, 1.82) is 0 Å². The third-order valence-electron chi connectivity index (χ3n) is 4.14. The summed E-state index contributed by atoms with van der Waals surface area (Å²) < 4.78 is 0.